The summed E-state index contributed by atoms with van der Waals surface area (Å²) < 4.78 is 0. The third-order valence-electron chi connectivity index (χ3n) is 4.63. The number of carbonyl (C=O) groups excluding carboxylic acids is 1. The summed E-state index contributed by atoms with van der Waals surface area (Å²) in [5, 5.41) is 13.6. The second-order valence-electron chi connectivity index (χ2n) is 7.34. The molecule has 1 fully saturated rings. The van der Waals surface area contributed by atoms with Crippen molar-refractivity contribution in [3.63, 3.8) is 0 Å². The molecule has 0 saturated heterocycles. The fourth-order valence-corrected chi connectivity index (χ4v) is 3.61. The molecule has 0 unspecified atom stereocenters. The quantitative estimate of drug-likeness (QED) is 0.155. The lowest BCUT2D eigenvalue weighted by Gasteiger charge is -2.12. The van der Waals surface area contributed by atoms with Crippen LogP contribution < -0.4 is 16.4 Å². The molecule has 3 aromatic rings. The molecule has 0 bridgehead atoms. The maximum atomic E-state index is 11.9. The van der Waals surface area contributed by atoms with Gasteiger partial charge in [-0.05, 0) is 62.7 Å². The van der Waals surface area contributed by atoms with Crippen LogP contribution in [-0.2, 0) is 21.2 Å². The van der Waals surface area contributed by atoms with Crippen molar-refractivity contribution >= 4 is 40.7 Å². The van der Waals surface area contributed by atoms with Crippen LogP contribution in [-0.4, -0.2) is 32.7 Å². The number of nitrogens with one attached hydrogen (secondary N) is 3. The van der Waals surface area contributed by atoms with Gasteiger partial charge in [0.1, 0.15) is 6.61 Å². The van der Waals surface area contributed by atoms with Gasteiger partial charge < -0.3 is 16.4 Å². The Hall–Kier alpha value is -3.15. The van der Waals surface area contributed by atoms with Crippen molar-refractivity contribution in [2.24, 2.45) is 5.92 Å². The van der Waals surface area contributed by atoms with Crippen LogP contribution in [0.4, 0.5) is 23.0 Å². The summed E-state index contributed by atoms with van der Waals surface area (Å²) in [6.07, 6.45) is 1.94. The first-order valence-electron chi connectivity index (χ1n) is 10.3. The van der Waals surface area contributed by atoms with E-state index in [1.165, 1.54) is 11.8 Å². The van der Waals surface area contributed by atoms with Crippen molar-refractivity contribution in [1.29, 1.82) is 0 Å². The van der Waals surface area contributed by atoms with E-state index in [2.05, 4.69) is 30.8 Å². The highest BCUT2D eigenvalue weighted by Crippen LogP contribution is 2.32. The molecule has 0 spiro atoms. The van der Waals surface area contributed by atoms with E-state index in [4.69, 9.17) is 15.5 Å². The molecule has 1 aromatic carbocycles. The van der Waals surface area contributed by atoms with Gasteiger partial charge >= 0.3 is 0 Å². The number of aromatic nitrogens is 4. The molecule has 168 valence electrons. The van der Waals surface area contributed by atoms with Gasteiger partial charge in [-0.15, -0.1) is 0 Å². The topological polar surface area (TPSA) is 140 Å². The monoisotopic (exact) mass is 455 g/mol. The van der Waals surface area contributed by atoms with Crippen molar-refractivity contribution in [2.45, 2.75) is 43.3 Å². The summed E-state index contributed by atoms with van der Waals surface area (Å²) in [4.78, 5) is 32.1. The molecule has 1 amide bonds. The maximum absolute atomic E-state index is 11.9. The van der Waals surface area contributed by atoms with Crippen LogP contribution in [0.15, 0.2) is 40.4 Å². The fraction of sp³-hybridized carbons (Fsp3) is 0.333. The normalized spacial score (nSPS) is 13.2. The van der Waals surface area contributed by atoms with Crippen LogP contribution in [0.5, 0.6) is 0 Å². The Labute approximate surface area is 189 Å². The van der Waals surface area contributed by atoms with Crippen molar-refractivity contribution in [3.05, 3.63) is 41.7 Å². The largest absolute Gasteiger partial charge is 0.394 e. The van der Waals surface area contributed by atoms with E-state index >= 15 is 0 Å². The molecule has 1 aliphatic rings. The van der Waals surface area contributed by atoms with Crippen LogP contribution >= 0.6 is 11.8 Å². The average molecular weight is 456 g/mol. The van der Waals surface area contributed by atoms with Gasteiger partial charge in [0.05, 0.1) is 18.0 Å². The standard InChI is InChI=1S/C21H25N7O3S/c1-3-30-31-11-16-18(22)19(25-17-10-12(2)27-28-17)26-21(24-16)32-15-8-6-14(7-9-15)23-20(29)13-4-5-13/h6-10,13H,3-5,11,22H2,1-2H3,(H,23,29)(H2,24,25,26,27,28). The van der Waals surface area contributed by atoms with Crippen LogP contribution in [0.25, 0.3) is 0 Å². The minimum Gasteiger partial charge on any atom is -0.394 e. The molecule has 0 aliphatic heterocycles. The van der Waals surface area contributed by atoms with Gasteiger partial charge in [-0.3, -0.25) is 9.89 Å². The molecule has 1 aliphatic carbocycles. The van der Waals surface area contributed by atoms with Gasteiger partial charge in [0, 0.05) is 28.3 Å². The molecule has 32 heavy (non-hydrogen) atoms. The Bertz CT molecular complexity index is 1080. The zero-order valence-corrected chi connectivity index (χ0v) is 18.7. The molecule has 2 aromatic heterocycles. The fourth-order valence-electron chi connectivity index (χ4n) is 2.83. The first-order chi connectivity index (χ1) is 15.5. The third-order valence-corrected chi connectivity index (χ3v) is 5.51. The molecule has 0 atom stereocenters. The second-order valence-corrected chi connectivity index (χ2v) is 8.38. The summed E-state index contributed by atoms with van der Waals surface area (Å²) >= 11 is 1.37. The molecule has 5 N–H and O–H groups in total. The van der Waals surface area contributed by atoms with E-state index in [-0.39, 0.29) is 18.4 Å². The van der Waals surface area contributed by atoms with Gasteiger partial charge in [0.25, 0.3) is 0 Å². The van der Waals surface area contributed by atoms with E-state index in [1.54, 1.807) is 0 Å². The molecular weight excluding hydrogens is 430 g/mol. The van der Waals surface area contributed by atoms with Crippen LogP contribution in [0.1, 0.15) is 31.2 Å². The number of benzene rings is 1. The number of nitrogens with zero attached hydrogens (tertiary/aromatic N) is 3. The Balaban J connectivity index is 1.52. The number of H-pyrrole nitrogens is 1. The Morgan fingerprint density at radius 3 is 2.69 bits per heavy atom. The summed E-state index contributed by atoms with van der Waals surface area (Å²) in [5.74, 6) is 1.26. The highest BCUT2D eigenvalue weighted by Gasteiger charge is 2.29. The lowest BCUT2D eigenvalue weighted by molar-refractivity contribution is -0.301. The molecule has 4 rings (SSSR count). The van der Waals surface area contributed by atoms with Crippen molar-refractivity contribution in [2.75, 3.05) is 23.0 Å². The smallest absolute Gasteiger partial charge is 0.227 e. The van der Waals surface area contributed by atoms with E-state index < -0.39 is 0 Å². The van der Waals surface area contributed by atoms with Crippen LogP contribution in [0.2, 0.25) is 0 Å². The summed E-state index contributed by atoms with van der Waals surface area (Å²) in [6.45, 7) is 4.22. The first kappa shape index (κ1) is 22.1. The van der Waals surface area contributed by atoms with E-state index in [0.717, 1.165) is 29.1 Å². The lowest BCUT2D eigenvalue weighted by atomic mass is 10.3. The third kappa shape index (κ3) is 5.75. The van der Waals surface area contributed by atoms with Crippen LogP contribution in [0.3, 0.4) is 0 Å². The first-order valence-corrected chi connectivity index (χ1v) is 11.1. The number of aromatic amines is 1. The van der Waals surface area contributed by atoms with Gasteiger partial charge in [-0.25, -0.2) is 19.7 Å². The number of nitrogens with two attached hydrogens (primary N) is 1. The van der Waals surface area contributed by atoms with Crippen molar-refractivity contribution in [1.82, 2.24) is 20.2 Å². The Morgan fingerprint density at radius 1 is 1.25 bits per heavy atom. The van der Waals surface area contributed by atoms with E-state index in [0.29, 0.717) is 34.8 Å². The molecule has 10 nitrogen and oxygen atoms in total. The zero-order valence-electron chi connectivity index (χ0n) is 17.8. The molecule has 0 radical (unpaired) electrons. The van der Waals surface area contributed by atoms with Crippen molar-refractivity contribution < 1.29 is 14.6 Å². The lowest BCUT2D eigenvalue weighted by Crippen LogP contribution is -2.12. The molecule has 2 heterocycles. The minimum atomic E-state index is 0.0792. The number of hydrogen-bond acceptors (Lipinski definition) is 9. The Kier molecular flexibility index (Phi) is 6.88. The summed E-state index contributed by atoms with van der Waals surface area (Å²) in [7, 11) is 0. The Morgan fingerprint density at radius 2 is 2.03 bits per heavy atom. The second kappa shape index (κ2) is 9.98. The SMILES string of the molecule is CCOOCc1nc(Sc2ccc(NC(=O)C3CC3)cc2)nc(Nc2cc(C)[nH]n2)c1N. The highest BCUT2D eigenvalue weighted by molar-refractivity contribution is 7.99. The molecular formula is C21H25N7O3S. The van der Waals surface area contributed by atoms with Gasteiger partial charge in [-0.1, -0.05) is 0 Å². The zero-order chi connectivity index (χ0) is 22.5. The predicted molar refractivity (Wildman–Crippen MR) is 121 cm³/mol. The van der Waals surface area contributed by atoms with Crippen molar-refractivity contribution in [3.8, 4) is 0 Å². The maximum Gasteiger partial charge on any atom is 0.227 e. The average Bonchev–Trinajstić information content (AvgIpc) is 3.55. The number of anilines is 4. The summed E-state index contributed by atoms with van der Waals surface area (Å²) in [5.41, 5.74) is 8.80. The number of carbonyl (C=O) groups is 1. The molecule has 1 saturated carbocycles. The highest BCUT2D eigenvalue weighted by atomic mass is 32.2. The van der Waals surface area contributed by atoms with Gasteiger partial charge in [0.2, 0.25) is 5.91 Å². The van der Waals surface area contributed by atoms with E-state index in [9.17, 15) is 4.79 Å². The number of hydrogen-bond donors (Lipinski definition) is 4. The number of amides is 1. The molecule has 11 heteroatoms. The number of aryl methyl sites for hydroxylation is 1. The minimum absolute atomic E-state index is 0.0792. The van der Waals surface area contributed by atoms with Gasteiger partial charge in [0.15, 0.2) is 16.8 Å². The number of nitrogen functional groups attached to an aromatic ring is 1. The van der Waals surface area contributed by atoms with Gasteiger partial charge in [-0.2, -0.15) is 5.10 Å². The summed E-state index contributed by atoms with van der Waals surface area (Å²) in [6, 6.07) is 9.40. The van der Waals surface area contributed by atoms with E-state index in [1.807, 2.05) is 44.2 Å². The number of rotatable bonds is 10. The van der Waals surface area contributed by atoms with Crippen LogP contribution in [0, 0.1) is 12.8 Å². The predicted octanol–water partition coefficient (Wildman–Crippen LogP) is 3.80.